The molecule has 3 aliphatic heterocycles. The van der Waals surface area contributed by atoms with Crippen LogP contribution < -0.4 is 4.74 Å². The van der Waals surface area contributed by atoms with Crippen LogP contribution >= 0.6 is 0 Å². The van der Waals surface area contributed by atoms with Crippen LogP contribution in [0.1, 0.15) is 46.7 Å². The predicted octanol–water partition coefficient (Wildman–Crippen LogP) is 4.78. The lowest BCUT2D eigenvalue weighted by atomic mass is 9.73. The molecule has 35 heavy (non-hydrogen) atoms. The van der Waals surface area contributed by atoms with E-state index < -0.39 is 5.54 Å². The van der Waals surface area contributed by atoms with Crippen molar-refractivity contribution < 1.29 is 14.3 Å². The van der Waals surface area contributed by atoms with Crippen LogP contribution in [0.25, 0.3) is 0 Å². The molecule has 5 nitrogen and oxygen atoms in total. The number of nitrogens with zero attached hydrogens (tertiary/aromatic N) is 2. The van der Waals surface area contributed by atoms with E-state index in [0.29, 0.717) is 13.2 Å². The lowest BCUT2D eigenvalue weighted by Gasteiger charge is -2.47. The molecular weight excluding hydrogens is 436 g/mol. The first-order chi connectivity index (χ1) is 16.9. The minimum absolute atomic E-state index is 0.00185. The highest BCUT2D eigenvalue weighted by Crippen LogP contribution is 2.59. The van der Waals surface area contributed by atoms with Crippen LogP contribution in [0.4, 0.5) is 0 Å². The molecule has 2 fully saturated rings. The van der Waals surface area contributed by atoms with Gasteiger partial charge in [-0.1, -0.05) is 77.9 Å². The predicted molar refractivity (Wildman–Crippen MR) is 134 cm³/mol. The van der Waals surface area contributed by atoms with E-state index in [0.717, 1.165) is 28.0 Å². The van der Waals surface area contributed by atoms with Crippen LogP contribution in [0.2, 0.25) is 0 Å². The van der Waals surface area contributed by atoms with Gasteiger partial charge in [0, 0.05) is 23.9 Å². The van der Waals surface area contributed by atoms with Gasteiger partial charge >= 0.3 is 0 Å². The Labute approximate surface area is 206 Å². The third kappa shape index (κ3) is 3.28. The van der Waals surface area contributed by atoms with E-state index in [2.05, 4.69) is 25.1 Å². The molecule has 0 bridgehead atoms. The Bertz CT molecular complexity index is 1300. The van der Waals surface area contributed by atoms with E-state index in [9.17, 15) is 9.59 Å². The lowest BCUT2D eigenvalue weighted by molar-refractivity contribution is -0.164. The Hall–Kier alpha value is -3.60. The molecule has 0 spiro atoms. The maximum atomic E-state index is 14.3. The number of ether oxygens (including phenoxy) is 1. The Kier molecular flexibility index (Phi) is 4.99. The quantitative estimate of drug-likeness (QED) is 0.558. The van der Waals surface area contributed by atoms with Crippen molar-refractivity contribution in [1.82, 2.24) is 9.80 Å². The Morgan fingerprint density at radius 2 is 1.66 bits per heavy atom. The van der Waals surface area contributed by atoms with E-state index in [1.807, 2.05) is 73.3 Å². The fourth-order valence-corrected chi connectivity index (χ4v) is 6.56. The summed E-state index contributed by atoms with van der Waals surface area (Å²) in [6.07, 6.45) is 0. The van der Waals surface area contributed by atoms with E-state index in [1.54, 1.807) is 4.90 Å². The van der Waals surface area contributed by atoms with Crippen molar-refractivity contribution >= 4 is 11.8 Å². The average Bonchev–Trinajstić information content (AvgIpc) is 3.14. The maximum absolute atomic E-state index is 14.3. The van der Waals surface area contributed by atoms with Crippen molar-refractivity contribution in [3.63, 3.8) is 0 Å². The minimum atomic E-state index is -0.995. The van der Waals surface area contributed by atoms with Crippen molar-refractivity contribution in [2.45, 2.75) is 44.8 Å². The van der Waals surface area contributed by atoms with Gasteiger partial charge in [-0.05, 0) is 38.0 Å². The molecule has 2 amide bonds. The number of carbonyl (C=O) groups excluding carboxylic acids is 2. The molecule has 178 valence electrons. The molecule has 0 N–H and O–H groups in total. The molecule has 0 aliphatic carbocycles. The third-order valence-electron chi connectivity index (χ3n) is 8.10. The fraction of sp³-hybridized carbons (Fsp3) is 0.333. The number of hydrogen-bond donors (Lipinski definition) is 0. The van der Waals surface area contributed by atoms with E-state index in [-0.39, 0.29) is 36.2 Å². The number of fused-ring (bicyclic) bond motifs is 5. The summed E-state index contributed by atoms with van der Waals surface area (Å²) in [4.78, 5) is 31.9. The zero-order valence-electron chi connectivity index (χ0n) is 20.4. The lowest BCUT2D eigenvalue weighted by Crippen LogP contribution is -2.65. The highest BCUT2D eigenvalue weighted by Gasteiger charge is 2.66. The van der Waals surface area contributed by atoms with E-state index in [1.165, 1.54) is 5.56 Å². The second kappa shape index (κ2) is 7.98. The van der Waals surface area contributed by atoms with Crippen molar-refractivity contribution in [3.05, 3.63) is 101 Å². The summed E-state index contributed by atoms with van der Waals surface area (Å²) in [6, 6.07) is 24.3. The van der Waals surface area contributed by atoms with Crippen LogP contribution in [0.5, 0.6) is 5.75 Å². The number of rotatable bonds is 3. The number of aryl methyl sites for hydroxylation is 2. The Morgan fingerprint density at radius 1 is 0.943 bits per heavy atom. The van der Waals surface area contributed by atoms with Crippen LogP contribution in [0, 0.1) is 19.8 Å². The molecule has 6 rings (SSSR count). The van der Waals surface area contributed by atoms with Gasteiger partial charge in [0.05, 0.1) is 12.6 Å². The average molecular weight is 467 g/mol. The van der Waals surface area contributed by atoms with Crippen molar-refractivity contribution in [2.75, 3.05) is 13.2 Å². The van der Waals surface area contributed by atoms with Gasteiger partial charge in [0.2, 0.25) is 11.8 Å². The Balaban J connectivity index is 1.48. The molecule has 0 radical (unpaired) electrons. The highest BCUT2D eigenvalue weighted by atomic mass is 16.5. The summed E-state index contributed by atoms with van der Waals surface area (Å²) >= 11 is 0. The first-order valence-corrected chi connectivity index (χ1v) is 12.3. The Morgan fingerprint density at radius 3 is 2.40 bits per heavy atom. The molecule has 2 saturated heterocycles. The highest BCUT2D eigenvalue weighted by molar-refractivity contribution is 6.00. The number of benzene rings is 3. The summed E-state index contributed by atoms with van der Waals surface area (Å²) in [6.45, 7) is 7.07. The molecule has 3 aromatic carbocycles. The van der Waals surface area contributed by atoms with Gasteiger partial charge in [-0.3, -0.25) is 9.59 Å². The topological polar surface area (TPSA) is 49.9 Å². The molecule has 0 saturated carbocycles. The molecule has 4 atom stereocenters. The van der Waals surface area contributed by atoms with Gasteiger partial charge in [-0.25, -0.2) is 0 Å². The SMILES string of the molecule is Cc1ccc(CN2CC(=O)N3C4c5cc(C)ccc5OCC4C(c4ccccc4)[C@]3(C)C2=O)cc1. The molecular formula is C30H30N2O3. The summed E-state index contributed by atoms with van der Waals surface area (Å²) in [5.74, 6) is 0.649. The first-order valence-electron chi connectivity index (χ1n) is 12.3. The number of piperazine rings is 1. The van der Waals surface area contributed by atoms with Crippen molar-refractivity contribution in [2.24, 2.45) is 5.92 Å². The van der Waals surface area contributed by atoms with Crippen LogP contribution in [-0.2, 0) is 16.1 Å². The molecule has 3 aromatic rings. The molecule has 3 aliphatic rings. The van der Waals surface area contributed by atoms with E-state index >= 15 is 0 Å². The van der Waals surface area contributed by atoms with E-state index in [4.69, 9.17) is 4.74 Å². The first kappa shape index (κ1) is 21.9. The van der Waals surface area contributed by atoms with Gasteiger partial charge in [0.15, 0.2) is 0 Å². The van der Waals surface area contributed by atoms with Crippen LogP contribution in [-0.4, -0.2) is 40.3 Å². The summed E-state index contributed by atoms with van der Waals surface area (Å²) in [5, 5.41) is 0. The van der Waals surface area contributed by atoms with Gasteiger partial charge in [-0.2, -0.15) is 0 Å². The molecule has 5 heteroatoms. The normalized spacial score (nSPS) is 27.2. The smallest absolute Gasteiger partial charge is 0.249 e. The minimum Gasteiger partial charge on any atom is -0.493 e. The number of carbonyl (C=O) groups is 2. The summed E-state index contributed by atoms with van der Waals surface area (Å²) in [5.41, 5.74) is 4.42. The number of hydrogen-bond acceptors (Lipinski definition) is 3. The standard InChI is InChI=1S/C30H30N2O3/c1-19-9-12-21(13-10-19)16-31-17-26(33)32-28-23-15-20(2)11-14-25(23)35-18-24(28)27(30(32,3)29(31)34)22-7-5-4-6-8-22/h4-15,24,27-28H,16-18H2,1-3H3/t24?,27?,28?,30-/m1/s1. The second-order valence-electron chi connectivity index (χ2n) is 10.4. The third-order valence-corrected chi connectivity index (χ3v) is 8.10. The summed E-state index contributed by atoms with van der Waals surface area (Å²) < 4.78 is 6.24. The number of amides is 2. The van der Waals surface area contributed by atoms with Crippen molar-refractivity contribution in [3.8, 4) is 5.75 Å². The van der Waals surface area contributed by atoms with Gasteiger partial charge in [0.25, 0.3) is 0 Å². The van der Waals surface area contributed by atoms with Crippen LogP contribution in [0.15, 0.2) is 72.8 Å². The summed E-state index contributed by atoms with van der Waals surface area (Å²) in [7, 11) is 0. The monoisotopic (exact) mass is 466 g/mol. The zero-order chi connectivity index (χ0) is 24.3. The fourth-order valence-electron chi connectivity index (χ4n) is 6.56. The molecule has 0 aromatic heterocycles. The van der Waals surface area contributed by atoms with Gasteiger partial charge in [-0.15, -0.1) is 0 Å². The largest absolute Gasteiger partial charge is 0.493 e. The van der Waals surface area contributed by atoms with Crippen molar-refractivity contribution in [1.29, 1.82) is 0 Å². The van der Waals surface area contributed by atoms with Gasteiger partial charge < -0.3 is 14.5 Å². The molecule has 3 heterocycles. The molecule has 3 unspecified atom stereocenters. The van der Waals surface area contributed by atoms with Crippen LogP contribution in [0.3, 0.4) is 0 Å². The maximum Gasteiger partial charge on any atom is 0.249 e. The van der Waals surface area contributed by atoms with Gasteiger partial charge in [0.1, 0.15) is 17.8 Å². The zero-order valence-corrected chi connectivity index (χ0v) is 20.4. The second-order valence-corrected chi connectivity index (χ2v) is 10.4.